The minimum atomic E-state index is 0.932. The number of nitrogens with zero attached hydrogens (tertiary/aromatic N) is 4. The van der Waals surface area contributed by atoms with Gasteiger partial charge in [-0.1, -0.05) is 24.3 Å². The molecule has 0 bridgehead atoms. The molecule has 4 rings (SSSR count). The van der Waals surface area contributed by atoms with Crippen molar-refractivity contribution in [2.45, 2.75) is 38.9 Å². The lowest BCUT2D eigenvalue weighted by Crippen LogP contribution is -2.31. The standard InChI is InChI=1S/C15H18N4/c1-2-5-13-10-18(9-7-12(13)4-1)11-15-17-16-14-6-3-8-19(14)15/h1-2,4-5H,3,6-11H2. The topological polar surface area (TPSA) is 34.0 Å². The van der Waals surface area contributed by atoms with Crippen LogP contribution in [-0.4, -0.2) is 26.2 Å². The maximum Gasteiger partial charge on any atom is 0.147 e. The molecule has 0 saturated heterocycles. The zero-order chi connectivity index (χ0) is 12.7. The molecular weight excluding hydrogens is 236 g/mol. The zero-order valence-corrected chi connectivity index (χ0v) is 11.0. The van der Waals surface area contributed by atoms with E-state index in [1.807, 2.05) is 0 Å². The van der Waals surface area contributed by atoms with E-state index in [-0.39, 0.29) is 0 Å². The molecule has 2 aliphatic rings. The Morgan fingerprint density at radius 3 is 2.84 bits per heavy atom. The summed E-state index contributed by atoms with van der Waals surface area (Å²) in [5, 5.41) is 8.65. The van der Waals surface area contributed by atoms with Crippen molar-refractivity contribution in [2.24, 2.45) is 0 Å². The predicted octanol–water partition coefficient (Wildman–Crippen LogP) is 1.78. The monoisotopic (exact) mass is 254 g/mol. The summed E-state index contributed by atoms with van der Waals surface area (Å²) in [5.74, 6) is 2.32. The largest absolute Gasteiger partial charge is 0.314 e. The Bertz CT molecular complexity index is 602. The van der Waals surface area contributed by atoms with Gasteiger partial charge in [0.2, 0.25) is 0 Å². The van der Waals surface area contributed by atoms with Crippen molar-refractivity contribution in [2.75, 3.05) is 6.54 Å². The second-order valence-electron chi connectivity index (χ2n) is 5.52. The predicted molar refractivity (Wildman–Crippen MR) is 72.6 cm³/mol. The molecule has 0 spiro atoms. The summed E-state index contributed by atoms with van der Waals surface area (Å²) in [5.41, 5.74) is 2.97. The zero-order valence-electron chi connectivity index (χ0n) is 11.0. The first-order chi connectivity index (χ1) is 9.40. The Morgan fingerprint density at radius 2 is 1.89 bits per heavy atom. The molecule has 0 radical (unpaired) electrons. The minimum Gasteiger partial charge on any atom is -0.314 e. The highest BCUT2D eigenvalue weighted by Gasteiger charge is 2.21. The smallest absolute Gasteiger partial charge is 0.147 e. The molecule has 2 aliphatic heterocycles. The first-order valence-electron chi connectivity index (χ1n) is 7.10. The van der Waals surface area contributed by atoms with E-state index in [0.717, 1.165) is 44.8 Å². The van der Waals surface area contributed by atoms with Crippen molar-refractivity contribution in [3.8, 4) is 0 Å². The van der Waals surface area contributed by atoms with Crippen LogP contribution in [0.15, 0.2) is 24.3 Å². The van der Waals surface area contributed by atoms with Gasteiger partial charge in [0.25, 0.3) is 0 Å². The summed E-state index contributed by atoms with van der Waals surface area (Å²) in [4.78, 5) is 2.48. The van der Waals surface area contributed by atoms with Crippen molar-refractivity contribution < 1.29 is 0 Å². The van der Waals surface area contributed by atoms with Gasteiger partial charge in [-0.2, -0.15) is 0 Å². The van der Waals surface area contributed by atoms with Crippen molar-refractivity contribution >= 4 is 0 Å². The van der Waals surface area contributed by atoms with E-state index in [9.17, 15) is 0 Å². The fourth-order valence-corrected chi connectivity index (χ4v) is 3.22. The van der Waals surface area contributed by atoms with Crippen molar-refractivity contribution in [3.05, 3.63) is 47.0 Å². The Hall–Kier alpha value is -1.68. The second-order valence-corrected chi connectivity index (χ2v) is 5.52. The number of aromatic nitrogens is 3. The molecule has 0 aliphatic carbocycles. The van der Waals surface area contributed by atoms with Gasteiger partial charge in [-0.3, -0.25) is 4.90 Å². The van der Waals surface area contributed by atoms with Gasteiger partial charge in [-0.25, -0.2) is 0 Å². The van der Waals surface area contributed by atoms with Gasteiger partial charge < -0.3 is 4.57 Å². The van der Waals surface area contributed by atoms with Gasteiger partial charge in [0.1, 0.15) is 11.6 Å². The number of fused-ring (bicyclic) bond motifs is 2. The summed E-state index contributed by atoms with van der Waals surface area (Å²) < 4.78 is 2.31. The number of hydrogen-bond acceptors (Lipinski definition) is 3. The number of aryl methyl sites for hydroxylation is 1. The third kappa shape index (κ3) is 1.96. The lowest BCUT2D eigenvalue weighted by atomic mass is 10.00. The van der Waals surface area contributed by atoms with Crippen LogP contribution in [0.3, 0.4) is 0 Å². The molecule has 0 atom stereocenters. The van der Waals surface area contributed by atoms with Gasteiger partial charge in [0.05, 0.1) is 6.54 Å². The molecule has 0 amide bonds. The van der Waals surface area contributed by atoms with Crippen LogP contribution in [0.5, 0.6) is 0 Å². The normalized spacial score (nSPS) is 18.3. The third-order valence-electron chi connectivity index (χ3n) is 4.26. The van der Waals surface area contributed by atoms with Gasteiger partial charge in [0, 0.05) is 26.1 Å². The Kier molecular flexibility index (Phi) is 2.62. The molecule has 0 unspecified atom stereocenters. The van der Waals surface area contributed by atoms with Crippen molar-refractivity contribution in [1.82, 2.24) is 19.7 Å². The molecule has 98 valence electrons. The highest BCUT2D eigenvalue weighted by Crippen LogP contribution is 2.21. The van der Waals surface area contributed by atoms with Crippen LogP contribution in [0, 0.1) is 0 Å². The van der Waals surface area contributed by atoms with Crippen LogP contribution in [-0.2, 0) is 32.5 Å². The van der Waals surface area contributed by atoms with E-state index in [1.54, 1.807) is 0 Å². The molecule has 4 heteroatoms. The quantitative estimate of drug-likeness (QED) is 0.819. The van der Waals surface area contributed by atoms with Gasteiger partial charge >= 0.3 is 0 Å². The molecular formula is C15H18N4. The van der Waals surface area contributed by atoms with Crippen LogP contribution >= 0.6 is 0 Å². The minimum absolute atomic E-state index is 0.932. The van der Waals surface area contributed by atoms with E-state index >= 15 is 0 Å². The van der Waals surface area contributed by atoms with Gasteiger partial charge in [-0.15, -0.1) is 10.2 Å². The number of hydrogen-bond donors (Lipinski definition) is 0. The Labute approximate surface area is 113 Å². The molecule has 1 aromatic heterocycles. The maximum atomic E-state index is 4.36. The molecule has 0 saturated carbocycles. The van der Waals surface area contributed by atoms with Crippen LogP contribution in [0.1, 0.15) is 29.2 Å². The molecule has 1 aromatic carbocycles. The molecule has 19 heavy (non-hydrogen) atoms. The van der Waals surface area contributed by atoms with Crippen LogP contribution in [0.2, 0.25) is 0 Å². The van der Waals surface area contributed by atoms with Crippen LogP contribution in [0.4, 0.5) is 0 Å². The average Bonchev–Trinajstić information content (AvgIpc) is 3.04. The third-order valence-corrected chi connectivity index (χ3v) is 4.26. The first kappa shape index (κ1) is 11.2. The van der Waals surface area contributed by atoms with Crippen molar-refractivity contribution in [1.29, 1.82) is 0 Å². The fraction of sp³-hybridized carbons (Fsp3) is 0.467. The molecule has 0 fully saturated rings. The molecule has 3 heterocycles. The van der Waals surface area contributed by atoms with Gasteiger partial charge in [-0.05, 0) is 24.0 Å². The first-order valence-corrected chi connectivity index (χ1v) is 7.10. The lowest BCUT2D eigenvalue weighted by Gasteiger charge is -2.28. The van der Waals surface area contributed by atoms with Gasteiger partial charge in [0.15, 0.2) is 0 Å². The van der Waals surface area contributed by atoms with E-state index in [1.165, 1.54) is 23.4 Å². The van der Waals surface area contributed by atoms with E-state index < -0.39 is 0 Å². The lowest BCUT2D eigenvalue weighted by molar-refractivity contribution is 0.236. The van der Waals surface area contributed by atoms with Crippen LogP contribution < -0.4 is 0 Å². The van der Waals surface area contributed by atoms with E-state index in [0.29, 0.717) is 0 Å². The number of rotatable bonds is 2. The number of benzene rings is 1. The summed E-state index contributed by atoms with van der Waals surface area (Å²) in [7, 11) is 0. The highest BCUT2D eigenvalue weighted by atomic mass is 15.3. The van der Waals surface area contributed by atoms with Crippen molar-refractivity contribution in [3.63, 3.8) is 0 Å². The van der Waals surface area contributed by atoms with Crippen LogP contribution in [0.25, 0.3) is 0 Å². The summed E-state index contributed by atoms with van der Waals surface area (Å²) in [6, 6.07) is 8.77. The van der Waals surface area contributed by atoms with E-state index in [2.05, 4.69) is 43.9 Å². The molecule has 0 N–H and O–H groups in total. The summed E-state index contributed by atoms with van der Waals surface area (Å²) >= 11 is 0. The Morgan fingerprint density at radius 1 is 1.00 bits per heavy atom. The second kappa shape index (κ2) is 4.46. The average molecular weight is 254 g/mol. The fourth-order valence-electron chi connectivity index (χ4n) is 3.22. The van der Waals surface area contributed by atoms with E-state index in [4.69, 9.17) is 0 Å². The SMILES string of the molecule is c1ccc2c(c1)CCN(Cc1nnc3n1CCC3)C2. The molecule has 4 nitrogen and oxygen atoms in total. The highest BCUT2D eigenvalue weighted by molar-refractivity contribution is 5.29. The summed E-state index contributed by atoms with van der Waals surface area (Å²) in [6.45, 7) is 4.20. The molecule has 2 aromatic rings. The summed E-state index contributed by atoms with van der Waals surface area (Å²) in [6.07, 6.45) is 3.47. The maximum absolute atomic E-state index is 4.36. The Balaban J connectivity index is 1.53.